The van der Waals surface area contributed by atoms with Crippen LogP contribution < -0.4 is 0 Å². The Hall–Kier alpha value is -1.64. The van der Waals surface area contributed by atoms with Gasteiger partial charge >= 0.3 is 0 Å². The molecule has 1 aromatic rings. The van der Waals surface area contributed by atoms with E-state index in [1.807, 2.05) is 18.0 Å². The summed E-state index contributed by atoms with van der Waals surface area (Å²) in [7, 11) is 1.81. The molecular weight excluding hydrogens is 242 g/mol. The van der Waals surface area contributed by atoms with Crippen LogP contribution in [0.5, 0.6) is 0 Å². The highest BCUT2D eigenvalue weighted by Crippen LogP contribution is 2.23. The van der Waals surface area contributed by atoms with E-state index < -0.39 is 4.92 Å². The highest BCUT2D eigenvalue weighted by molar-refractivity contribution is 6.30. The SMILES string of the molecule is CN(CCC#N)Cc1cc(Cl)ccc1[N+](=O)[O-]. The second-order valence-electron chi connectivity index (χ2n) is 3.68. The molecule has 0 aliphatic heterocycles. The average Bonchev–Trinajstić information content (AvgIpc) is 2.26. The molecule has 0 fully saturated rings. The van der Waals surface area contributed by atoms with Crippen LogP contribution in [0, 0.1) is 21.4 Å². The lowest BCUT2D eigenvalue weighted by Gasteiger charge is -2.14. The van der Waals surface area contributed by atoms with Crippen molar-refractivity contribution < 1.29 is 4.92 Å². The van der Waals surface area contributed by atoms with Crippen LogP contribution in [0.2, 0.25) is 5.02 Å². The molecule has 0 spiro atoms. The Morgan fingerprint density at radius 3 is 2.88 bits per heavy atom. The minimum absolute atomic E-state index is 0.0539. The van der Waals surface area contributed by atoms with Gasteiger partial charge in [0, 0.05) is 36.2 Å². The second kappa shape index (κ2) is 6.18. The molecule has 0 saturated heterocycles. The zero-order valence-corrected chi connectivity index (χ0v) is 10.1. The normalized spacial score (nSPS) is 10.2. The van der Waals surface area contributed by atoms with Crippen molar-refractivity contribution in [3.8, 4) is 6.07 Å². The van der Waals surface area contributed by atoms with E-state index in [4.69, 9.17) is 16.9 Å². The molecule has 0 saturated carbocycles. The van der Waals surface area contributed by atoms with Gasteiger partial charge in [-0.1, -0.05) is 11.6 Å². The summed E-state index contributed by atoms with van der Waals surface area (Å²) >= 11 is 5.82. The van der Waals surface area contributed by atoms with Crippen LogP contribution in [0.25, 0.3) is 0 Å². The quantitative estimate of drug-likeness (QED) is 0.597. The van der Waals surface area contributed by atoms with Gasteiger partial charge in [-0.3, -0.25) is 10.1 Å². The average molecular weight is 254 g/mol. The molecule has 1 aromatic carbocycles. The highest BCUT2D eigenvalue weighted by atomic mass is 35.5. The van der Waals surface area contributed by atoms with Crippen molar-refractivity contribution in [2.24, 2.45) is 0 Å². The van der Waals surface area contributed by atoms with Gasteiger partial charge in [-0.2, -0.15) is 5.26 Å². The molecule has 5 nitrogen and oxygen atoms in total. The third-order valence-electron chi connectivity index (χ3n) is 2.28. The summed E-state index contributed by atoms with van der Waals surface area (Å²) in [5, 5.41) is 19.8. The fraction of sp³-hybridized carbons (Fsp3) is 0.364. The first-order valence-electron chi connectivity index (χ1n) is 5.03. The summed E-state index contributed by atoms with van der Waals surface area (Å²) < 4.78 is 0. The third kappa shape index (κ3) is 4.02. The predicted molar refractivity (Wildman–Crippen MR) is 64.7 cm³/mol. The van der Waals surface area contributed by atoms with Crippen molar-refractivity contribution in [2.45, 2.75) is 13.0 Å². The Labute approximate surface area is 104 Å². The van der Waals surface area contributed by atoms with Crippen molar-refractivity contribution >= 4 is 17.3 Å². The zero-order valence-electron chi connectivity index (χ0n) is 9.39. The maximum Gasteiger partial charge on any atom is 0.273 e. The minimum Gasteiger partial charge on any atom is -0.301 e. The Kier molecular flexibility index (Phi) is 4.88. The molecule has 0 atom stereocenters. The van der Waals surface area contributed by atoms with Crippen molar-refractivity contribution in [1.29, 1.82) is 5.26 Å². The topological polar surface area (TPSA) is 70.2 Å². The Morgan fingerprint density at radius 2 is 2.29 bits per heavy atom. The molecule has 0 N–H and O–H groups in total. The van der Waals surface area contributed by atoms with E-state index in [0.29, 0.717) is 30.1 Å². The van der Waals surface area contributed by atoms with Gasteiger partial charge in [0.2, 0.25) is 0 Å². The van der Waals surface area contributed by atoms with Crippen LogP contribution in [0.1, 0.15) is 12.0 Å². The predicted octanol–water partition coefficient (Wildman–Crippen LogP) is 2.59. The summed E-state index contributed by atoms with van der Waals surface area (Å²) in [6.45, 7) is 0.971. The summed E-state index contributed by atoms with van der Waals surface area (Å²) in [5.41, 5.74) is 0.612. The summed E-state index contributed by atoms with van der Waals surface area (Å²) in [4.78, 5) is 12.2. The Morgan fingerprint density at radius 1 is 1.59 bits per heavy atom. The smallest absolute Gasteiger partial charge is 0.273 e. The monoisotopic (exact) mass is 253 g/mol. The molecule has 0 aromatic heterocycles. The number of nitrogens with zero attached hydrogens (tertiary/aromatic N) is 3. The van der Waals surface area contributed by atoms with Gasteiger partial charge in [0.05, 0.1) is 11.0 Å². The van der Waals surface area contributed by atoms with Crippen molar-refractivity contribution in [3.63, 3.8) is 0 Å². The summed E-state index contributed by atoms with van der Waals surface area (Å²) in [6, 6.07) is 6.51. The van der Waals surface area contributed by atoms with E-state index in [9.17, 15) is 10.1 Å². The fourth-order valence-corrected chi connectivity index (χ4v) is 1.66. The summed E-state index contributed by atoms with van der Waals surface area (Å²) in [5.74, 6) is 0. The van der Waals surface area contributed by atoms with Crippen LogP contribution in [0.4, 0.5) is 5.69 Å². The molecule has 0 aliphatic carbocycles. The lowest BCUT2D eigenvalue weighted by Crippen LogP contribution is -2.19. The van der Waals surface area contributed by atoms with Gasteiger partial charge in [0.15, 0.2) is 0 Å². The number of rotatable bonds is 5. The standard InChI is InChI=1S/C11H12ClN3O2/c1-14(6-2-5-13)8-9-7-10(12)3-4-11(9)15(16)17/h3-4,7H,2,6,8H2,1H3. The molecule has 0 radical (unpaired) electrons. The van der Waals surface area contributed by atoms with Crippen LogP contribution in [-0.2, 0) is 6.54 Å². The molecule has 17 heavy (non-hydrogen) atoms. The Balaban J connectivity index is 2.85. The Bertz CT molecular complexity index is 457. The van der Waals surface area contributed by atoms with Gasteiger partial charge in [-0.25, -0.2) is 0 Å². The number of hydrogen-bond donors (Lipinski definition) is 0. The van der Waals surface area contributed by atoms with Gasteiger partial charge < -0.3 is 4.90 Å². The van der Waals surface area contributed by atoms with E-state index in [1.165, 1.54) is 12.1 Å². The number of nitro benzene ring substituents is 1. The fourth-order valence-electron chi connectivity index (χ4n) is 1.47. The van der Waals surface area contributed by atoms with E-state index >= 15 is 0 Å². The second-order valence-corrected chi connectivity index (χ2v) is 4.11. The van der Waals surface area contributed by atoms with Crippen molar-refractivity contribution in [2.75, 3.05) is 13.6 Å². The van der Waals surface area contributed by atoms with Crippen LogP contribution in [0.3, 0.4) is 0 Å². The summed E-state index contributed by atoms with van der Waals surface area (Å²) in [6.07, 6.45) is 0.394. The molecule has 6 heteroatoms. The maximum absolute atomic E-state index is 10.8. The number of benzene rings is 1. The number of nitriles is 1. The van der Waals surface area contributed by atoms with Crippen molar-refractivity contribution in [3.05, 3.63) is 38.9 Å². The number of nitro groups is 1. The van der Waals surface area contributed by atoms with E-state index in [2.05, 4.69) is 0 Å². The van der Waals surface area contributed by atoms with Crippen molar-refractivity contribution in [1.82, 2.24) is 4.90 Å². The zero-order chi connectivity index (χ0) is 12.8. The van der Waals surface area contributed by atoms with E-state index in [-0.39, 0.29) is 5.69 Å². The van der Waals surface area contributed by atoms with E-state index in [1.54, 1.807) is 6.07 Å². The molecule has 90 valence electrons. The molecule has 0 bridgehead atoms. The number of halogens is 1. The lowest BCUT2D eigenvalue weighted by atomic mass is 10.1. The third-order valence-corrected chi connectivity index (χ3v) is 2.52. The van der Waals surface area contributed by atoms with E-state index in [0.717, 1.165) is 0 Å². The molecule has 0 heterocycles. The highest BCUT2D eigenvalue weighted by Gasteiger charge is 2.15. The molecule has 0 unspecified atom stereocenters. The van der Waals surface area contributed by atoms with Crippen LogP contribution in [0.15, 0.2) is 18.2 Å². The van der Waals surface area contributed by atoms with Crippen LogP contribution in [-0.4, -0.2) is 23.4 Å². The molecule has 0 amide bonds. The first kappa shape index (κ1) is 13.4. The van der Waals surface area contributed by atoms with Crippen LogP contribution >= 0.6 is 11.6 Å². The van der Waals surface area contributed by atoms with Gasteiger partial charge in [-0.05, 0) is 19.2 Å². The van der Waals surface area contributed by atoms with Gasteiger partial charge in [0.1, 0.15) is 0 Å². The van der Waals surface area contributed by atoms with Gasteiger partial charge in [-0.15, -0.1) is 0 Å². The lowest BCUT2D eigenvalue weighted by molar-refractivity contribution is -0.385. The minimum atomic E-state index is -0.427. The first-order valence-corrected chi connectivity index (χ1v) is 5.40. The maximum atomic E-state index is 10.8. The first-order chi connectivity index (χ1) is 8.04. The molecule has 1 rings (SSSR count). The molecule has 0 aliphatic rings. The largest absolute Gasteiger partial charge is 0.301 e. The van der Waals surface area contributed by atoms with Gasteiger partial charge in [0.25, 0.3) is 5.69 Å². The molecular formula is C11H12ClN3O2. The number of hydrogen-bond acceptors (Lipinski definition) is 4.